The van der Waals surface area contributed by atoms with Crippen LogP contribution in [0.25, 0.3) is 0 Å². The standard InChI is InChI=1S/C18H26N2O2.2C2HF3O2/c1-2-15(10-19-7-1)12-21-13-16-5-6-17-18(16)22-9-8-20(17)11-14-3-4-14;2*3-2(4,5)1(6)7/h1-2,7,10,14,16-18H,3-6,8-9,11-13H2;2*(H,6,7). The topological polar surface area (TPSA) is 109 Å². The van der Waals surface area contributed by atoms with Crippen LogP contribution in [0.4, 0.5) is 26.3 Å². The van der Waals surface area contributed by atoms with E-state index in [0.717, 1.165) is 31.2 Å². The number of hydrogen-bond acceptors (Lipinski definition) is 6. The van der Waals surface area contributed by atoms with Gasteiger partial charge in [-0.25, -0.2) is 9.59 Å². The average Bonchev–Trinajstić information content (AvgIpc) is 3.52. The maximum atomic E-state index is 10.6. The third-order valence-corrected chi connectivity index (χ3v) is 5.83. The highest BCUT2D eigenvalue weighted by Gasteiger charge is 2.44. The number of nitrogens with zero attached hydrogens (tertiary/aromatic N) is 2. The summed E-state index contributed by atoms with van der Waals surface area (Å²) in [5, 5.41) is 14.2. The number of hydrogen-bond donors (Lipinski definition) is 2. The van der Waals surface area contributed by atoms with E-state index >= 15 is 0 Å². The van der Waals surface area contributed by atoms with Gasteiger partial charge >= 0.3 is 24.3 Å². The molecule has 0 amide bonds. The van der Waals surface area contributed by atoms with Crippen molar-refractivity contribution in [2.75, 3.05) is 26.3 Å². The maximum Gasteiger partial charge on any atom is 0.490 e. The first-order chi connectivity index (χ1) is 16.8. The van der Waals surface area contributed by atoms with Crippen molar-refractivity contribution in [3.05, 3.63) is 30.1 Å². The molecule has 1 aromatic rings. The summed E-state index contributed by atoms with van der Waals surface area (Å²) in [5.41, 5.74) is 1.15. The van der Waals surface area contributed by atoms with E-state index in [2.05, 4.69) is 16.0 Å². The summed E-state index contributed by atoms with van der Waals surface area (Å²) >= 11 is 0. The Labute approximate surface area is 203 Å². The van der Waals surface area contributed by atoms with Crippen molar-refractivity contribution < 1.29 is 55.6 Å². The molecular formula is C22H28F6N2O6. The van der Waals surface area contributed by atoms with Gasteiger partial charge in [-0.05, 0) is 43.2 Å². The van der Waals surface area contributed by atoms with E-state index < -0.39 is 24.3 Å². The van der Waals surface area contributed by atoms with Crippen molar-refractivity contribution in [2.24, 2.45) is 11.8 Å². The summed E-state index contributed by atoms with van der Waals surface area (Å²) in [6.45, 7) is 4.79. The molecule has 2 N–H and O–H groups in total. The van der Waals surface area contributed by atoms with Gasteiger partial charge in [0.1, 0.15) is 0 Å². The fourth-order valence-corrected chi connectivity index (χ4v) is 3.99. The molecule has 0 radical (unpaired) electrons. The minimum absolute atomic E-state index is 0.390. The zero-order valence-electron chi connectivity index (χ0n) is 19.2. The largest absolute Gasteiger partial charge is 0.490 e. The van der Waals surface area contributed by atoms with Gasteiger partial charge < -0.3 is 19.7 Å². The number of halogens is 6. The number of carboxylic acids is 2. The number of carboxylic acid groups (broad SMARTS) is 2. The normalized spacial score (nSPS) is 24.0. The zero-order valence-corrected chi connectivity index (χ0v) is 19.2. The van der Waals surface area contributed by atoms with Crippen LogP contribution in [0.15, 0.2) is 24.5 Å². The van der Waals surface area contributed by atoms with E-state index in [0.29, 0.717) is 24.7 Å². The molecule has 3 fully saturated rings. The molecule has 0 aromatic carbocycles. The quantitative estimate of drug-likeness (QED) is 0.536. The van der Waals surface area contributed by atoms with Crippen LogP contribution in [0, 0.1) is 11.8 Å². The van der Waals surface area contributed by atoms with E-state index in [1.54, 1.807) is 6.20 Å². The van der Waals surface area contributed by atoms with Crippen LogP contribution in [0.3, 0.4) is 0 Å². The van der Waals surface area contributed by atoms with Gasteiger partial charge in [-0.2, -0.15) is 26.3 Å². The number of carbonyl (C=O) groups is 2. The lowest BCUT2D eigenvalue weighted by Gasteiger charge is -2.39. The van der Waals surface area contributed by atoms with Crippen LogP contribution in [0.2, 0.25) is 0 Å². The predicted molar refractivity (Wildman–Crippen MR) is 112 cm³/mol. The van der Waals surface area contributed by atoms with E-state index in [1.807, 2.05) is 12.3 Å². The van der Waals surface area contributed by atoms with E-state index in [4.69, 9.17) is 29.3 Å². The molecule has 1 aromatic heterocycles. The van der Waals surface area contributed by atoms with Crippen LogP contribution in [-0.4, -0.2) is 82.8 Å². The van der Waals surface area contributed by atoms with Crippen molar-refractivity contribution in [1.29, 1.82) is 0 Å². The van der Waals surface area contributed by atoms with Crippen molar-refractivity contribution >= 4 is 11.9 Å². The third kappa shape index (κ3) is 10.3. The molecule has 2 aliphatic carbocycles. The Morgan fingerprint density at radius 1 is 1.06 bits per heavy atom. The molecule has 1 aliphatic heterocycles. The second kappa shape index (κ2) is 13.2. The lowest BCUT2D eigenvalue weighted by Crippen LogP contribution is -2.51. The van der Waals surface area contributed by atoms with Gasteiger partial charge in [0.2, 0.25) is 0 Å². The molecule has 4 rings (SSSR count). The van der Waals surface area contributed by atoms with Crippen molar-refractivity contribution in [1.82, 2.24) is 9.88 Å². The molecule has 3 aliphatic rings. The summed E-state index contributed by atoms with van der Waals surface area (Å²) in [6, 6.07) is 4.67. The molecule has 204 valence electrons. The van der Waals surface area contributed by atoms with Gasteiger partial charge in [0.25, 0.3) is 0 Å². The molecule has 36 heavy (non-hydrogen) atoms. The molecule has 2 heterocycles. The Balaban J connectivity index is 0.000000271. The van der Waals surface area contributed by atoms with E-state index in [9.17, 15) is 26.3 Å². The Hall–Kier alpha value is -2.45. The number of fused-ring (bicyclic) bond motifs is 1. The zero-order chi connectivity index (χ0) is 26.9. The second-order valence-corrected chi connectivity index (χ2v) is 8.66. The minimum Gasteiger partial charge on any atom is -0.475 e. The lowest BCUT2D eigenvalue weighted by molar-refractivity contribution is -0.193. The minimum atomic E-state index is -5.08. The number of ether oxygens (including phenoxy) is 2. The number of aliphatic carboxylic acids is 2. The molecule has 8 nitrogen and oxygen atoms in total. The number of alkyl halides is 6. The highest BCUT2D eigenvalue weighted by Crippen LogP contribution is 2.38. The maximum absolute atomic E-state index is 10.6. The number of aromatic nitrogens is 1. The SMILES string of the molecule is O=C(O)C(F)(F)F.O=C(O)C(F)(F)F.c1cncc(COCC2CCC3C2OCCN3CC2CC2)c1. The predicted octanol–water partition coefficient (Wildman–Crippen LogP) is 3.75. The summed E-state index contributed by atoms with van der Waals surface area (Å²) in [5.74, 6) is -3.98. The fourth-order valence-electron chi connectivity index (χ4n) is 3.99. The smallest absolute Gasteiger partial charge is 0.475 e. The van der Waals surface area contributed by atoms with Gasteiger partial charge in [-0.15, -0.1) is 0 Å². The third-order valence-electron chi connectivity index (χ3n) is 5.83. The molecule has 3 unspecified atom stereocenters. The van der Waals surface area contributed by atoms with Crippen LogP contribution >= 0.6 is 0 Å². The Kier molecular flexibility index (Phi) is 10.9. The summed E-state index contributed by atoms with van der Waals surface area (Å²) in [7, 11) is 0. The van der Waals surface area contributed by atoms with Crippen LogP contribution in [0.5, 0.6) is 0 Å². The Bertz CT molecular complexity index is 811. The first kappa shape index (κ1) is 29.8. The summed E-state index contributed by atoms with van der Waals surface area (Å²) in [6.07, 6.45) is -0.705. The van der Waals surface area contributed by atoms with Crippen LogP contribution in [0.1, 0.15) is 31.2 Å². The Morgan fingerprint density at radius 3 is 2.17 bits per heavy atom. The lowest BCUT2D eigenvalue weighted by atomic mass is 10.0. The number of rotatable bonds is 6. The van der Waals surface area contributed by atoms with E-state index in [1.165, 1.54) is 32.2 Å². The Morgan fingerprint density at radius 2 is 1.67 bits per heavy atom. The fraction of sp³-hybridized carbons (Fsp3) is 0.682. The molecule has 2 saturated carbocycles. The number of morpholine rings is 1. The van der Waals surface area contributed by atoms with Gasteiger partial charge in [0.05, 0.1) is 25.9 Å². The highest BCUT2D eigenvalue weighted by atomic mass is 19.4. The van der Waals surface area contributed by atoms with Crippen LogP contribution in [-0.2, 0) is 25.7 Å². The average molecular weight is 530 g/mol. The van der Waals surface area contributed by atoms with E-state index in [-0.39, 0.29) is 0 Å². The molecule has 1 saturated heterocycles. The van der Waals surface area contributed by atoms with Gasteiger partial charge in [-0.3, -0.25) is 9.88 Å². The highest BCUT2D eigenvalue weighted by molar-refractivity contribution is 5.73. The number of pyridine rings is 1. The molecular weight excluding hydrogens is 502 g/mol. The molecule has 0 spiro atoms. The van der Waals surface area contributed by atoms with Crippen molar-refractivity contribution in [3.63, 3.8) is 0 Å². The van der Waals surface area contributed by atoms with Gasteiger partial charge in [0, 0.05) is 37.4 Å². The van der Waals surface area contributed by atoms with Crippen molar-refractivity contribution in [2.45, 2.75) is 56.8 Å². The monoisotopic (exact) mass is 530 g/mol. The summed E-state index contributed by atoms with van der Waals surface area (Å²) in [4.78, 5) is 24.6. The first-order valence-electron chi connectivity index (χ1n) is 11.2. The second-order valence-electron chi connectivity index (χ2n) is 8.66. The van der Waals surface area contributed by atoms with Gasteiger partial charge in [0.15, 0.2) is 0 Å². The molecule has 14 heteroatoms. The molecule has 3 atom stereocenters. The van der Waals surface area contributed by atoms with Crippen LogP contribution < -0.4 is 0 Å². The first-order valence-corrected chi connectivity index (χ1v) is 11.2. The molecule has 0 bridgehead atoms. The summed E-state index contributed by atoms with van der Waals surface area (Å²) < 4.78 is 75.5. The van der Waals surface area contributed by atoms with Crippen molar-refractivity contribution in [3.8, 4) is 0 Å². The van der Waals surface area contributed by atoms with Gasteiger partial charge in [-0.1, -0.05) is 6.07 Å².